The molecule has 4 rings (SSSR count). The number of aromatic nitrogens is 3. The second kappa shape index (κ2) is 7.46. The van der Waals surface area contributed by atoms with Gasteiger partial charge in [-0.15, -0.1) is 0 Å². The minimum Gasteiger partial charge on any atom is -0.494 e. The highest BCUT2D eigenvalue weighted by molar-refractivity contribution is 5.71. The third-order valence-electron chi connectivity index (χ3n) is 5.15. The van der Waals surface area contributed by atoms with Crippen LogP contribution in [0.4, 0.5) is 0 Å². The van der Waals surface area contributed by atoms with Gasteiger partial charge in [-0.2, -0.15) is 0 Å². The summed E-state index contributed by atoms with van der Waals surface area (Å²) in [7, 11) is 0. The van der Waals surface area contributed by atoms with Crippen LogP contribution in [0, 0.1) is 0 Å². The molecule has 0 radical (unpaired) electrons. The van der Waals surface area contributed by atoms with Crippen molar-refractivity contribution in [3.8, 4) is 5.75 Å². The van der Waals surface area contributed by atoms with Crippen LogP contribution in [-0.4, -0.2) is 39.1 Å². The van der Waals surface area contributed by atoms with E-state index in [0.29, 0.717) is 12.5 Å². The van der Waals surface area contributed by atoms with E-state index >= 15 is 0 Å². The van der Waals surface area contributed by atoms with E-state index in [9.17, 15) is 0 Å². The Morgan fingerprint density at radius 3 is 2.88 bits per heavy atom. The fourth-order valence-corrected chi connectivity index (χ4v) is 3.96. The number of imidazole rings is 1. The zero-order valence-corrected chi connectivity index (χ0v) is 15.6. The lowest BCUT2D eigenvalue weighted by Gasteiger charge is -2.18. The zero-order valence-electron chi connectivity index (χ0n) is 15.6. The van der Waals surface area contributed by atoms with Gasteiger partial charge in [0.2, 0.25) is 0 Å². The number of nitrogens with zero attached hydrogens (tertiary/aromatic N) is 4. The van der Waals surface area contributed by atoms with Gasteiger partial charge in [0, 0.05) is 37.3 Å². The first-order chi connectivity index (χ1) is 12.8. The Labute approximate surface area is 154 Å². The number of hydrogen-bond donors (Lipinski definition) is 0. The van der Waals surface area contributed by atoms with Crippen molar-refractivity contribution in [2.24, 2.45) is 0 Å². The van der Waals surface area contributed by atoms with Crippen molar-refractivity contribution >= 4 is 11.2 Å². The summed E-state index contributed by atoms with van der Waals surface area (Å²) in [6.45, 7) is 8.86. The van der Waals surface area contributed by atoms with Crippen LogP contribution in [0.5, 0.6) is 5.75 Å². The maximum Gasteiger partial charge on any atom is 0.159 e. The van der Waals surface area contributed by atoms with Crippen molar-refractivity contribution in [1.82, 2.24) is 19.4 Å². The van der Waals surface area contributed by atoms with E-state index in [1.165, 1.54) is 11.4 Å². The van der Waals surface area contributed by atoms with Gasteiger partial charge < -0.3 is 9.30 Å². The zero-order chi connectivity index (χ0) is 17.9. The fraction of sp³-hybridized carbons (Fsp3) is 0.429. The fourth-order valence-electron chi connectivity index (χ4n) is 3.96. The highest BCUT2D eigenvalue weighted by atomic mass is 16.5. The van der Waals surface area contributed by atoms with Crippen LogP contribution in [0.3, 0.4) is 0 Å². The van der Waals surface area contributed by atoms with Gasteiger partial charge in [-0.3, -0.25) is 4.90 Å². The standard InChI is InChI=1S/C21H26N4O/c1-3-25-20(23-18-9-7-12-22-21(18)25)17-11-13-24(15-17)14-16-8-5-6-10-19(16)26-4-2/h5-10,12,17H,3-4,11,13-15H2,1-2H3/t17-/m1/s1. The highest BCUT2D eigenvalue weighted by Crippen LogP contribution is 2.31. The Kier molecular flexibility index (Phi) is 4.89. The van der Waals surface area contributed by atoms with E-state index in [2.05, 4.69) is 45.6 Å². The predicted molar refractivity (Wildman–Crippen MR) is 103 cm³/mol. The normalized spacial score (nSPS) is 17.8. The second-order valence-electron chi connectivity index (χ2n) is 6.82. The van der Waals surface area contributed by atoms with Crippen LogP contribution in [0.25, 0.3) is 11.2 Å². The van der Waals surface area contributed by atoms with Crippen LogP contribution in [0.2, 0.25) is 0 Å². The smallest absolute Gasteiger partial charge is 0.159 e. The molecule has 1 atom stereocenters. The van der Waals surface area contributed by atoms with Crippen LogP contribution in [-0.2, 0) is 13.1 Å². The molecule has 0 unspecified atom stereocenters. The third-order valence-corrected chi connectivity index (χ3v) is 5.15. The van der Waals surface area contributed by atoms with Gasteiger partial charge in [0.25, 0.3) is 0 Å². The van der Waals surface area contributed by atoms with Gasteiger partial charge in [-0.25, -0.2) is 9.97 Å². The Morgan fingerprint density at radius 1 is 1.15 bits per heavy atom. The predicted octanol–water partition coefficient (Wildman–Crippen LogP) is 3.84. The van der Waals surface area contributed by atoms with Crippen molar-refractivity contribution in [3.05, 3.63) is 54.0 Å². The summed E-state index contributed by atoms with van der Waals surface area (Å²) in [5.74, 6) is 2.65. The number of hydrogen-bond acceptors (Lipinski definition) is 4. The molecule has 1 fully saturated rings. The average Bonchev–Trinajstić information content (AvgIpc) is 3.27. The van der Waals surface area contributed by atoms with E-state index in [1.54, 1.807) is 0 Å². The van der Waals surface area contributed by atoms with Crippen molar-refractivity contribution in [2.45, 2.75) is 39.3 Å². The number of aryl methyl sites for hydroxylation is 1. The molecular formula is C21H26N4O. The Hall–Kier alpha value is -2.40. The lowest BCUT2D eigenvalue weighted by molar-refractivity contribution is 0.301. The number of ether oxygens (including phenoxy) is 1. The van der Waals surface area contributed by atoms with Crippen molar-refractivity contribution < 1.29 is 4.74 Å². The highest BCUT2D eigenvalue weighted by Gasteiger charge is 2.28. The molecule has 0 amide bonds. The summed E-state index contributed by atoms with van der Waals surface area (Å²) in [6.07, 6.45) is 2.99. The lowest BCUT2D eigenvalue weighted by atomic mass is 10.1. The number of fused-ring (bicyclic) bond motifs is 1. The van der Waals surface area contributed by atoms with Crippen LogP contribution >= 0.6 is 0 Å². The monoisotopic (exact) mass is 350 g/mol. The number of likely N-dealkylation sites (tertiary alicyclic amines) is 1. The van der Waals surface area contributed by atoms with Gasteiger partial charge in [-0.1, -0.05) is 18.2 Å². The van der Waals surface area contributed by atoms with E-state index in [4.69, 9.17) is 9.72 Å². The Morgan fingerprint density at radius 2 is 2.04 bits per heavy atom. The van der Waals surface area contributed by atoms with Gasteiger partial charge in [-0.05, 0) is 45.0 Å². The largest absolute Gasteiger partial charge is 0.494 e. The summed E-state index contributed by atoms with van der Waals surface area (Å²) in [5, 5.41) is 0. The van der Waals surface area contributed by atoms with E-state index in [-0.39, 0.29) is 0 Å². The molecule has 26 heavy (non-hydrogen) atoms. The molecule has 2 aromatic heterocycles. The van der Waals surface area contributed by atoms with Crippen LogP contribution < -0.4 is 4.74 Å². The number of pyridine rings is 1. The molecule has 5 nitrogen and oxygen atoms in total. The van der Waals surface area contributed by atoms with E-state index in [0.717, 1.165) is 49.5 Å². The molecule has 1 saturated heterocycles. The van der Waals surface area contributed by atoms with Crippen molar-refractivity contribution in [3.63, 3.8) is 0 Å². The SMILES string of the molecule is CCOc1ccccc1CN1CC[C@@H](c2nc3cccnc3n2CC)C1. The first-order valence-corrected chi connectivity index (χ1v) is 9.54. The summed E-state index contributed by atoms with van der Waals surface area (Å²) in [4.78, 5) is 11.9. The molecule has 3 heterocycles. The molecule has 0 N–H and O–H groups in total. The van der Waals surface area contributed by atoms with Gasteiger partial charge >= 0.3 is 0 Å². The minimum atomic E-state index is 0.461. The van der Waals surface area contributed by atoms with Crippen molar-refractivity contribution in [2.75, 3.05) is 19.7 Å². The molecule has 1 aliphatic heterocycles. The first kappa shape index (κ1) is 17.0. The van der Waals surface area contributed by atoms with Gasteiger partial charge in [0.1, 0.15) is 17.1 Å². The lowest BCUT2D eigenvalue weighted by Crippen LogP contribution is -2.21. The van der Waals surface area contributed by atoms with E-state index in [1.807, 2.05) is 25.3 Å². The third kappa shape index (κ3) is 3.19. The quantitative estimate of drug-likeness (QED) is 0.677. The maximum absolute atomic E-state index is 5.78. The average molecular weight is 350 g/mol. The Balaban J connectivity index is 1.53. The number of para-hydroxylation sites is 1. The topological polar surface area (TPSA) is 43.2 Å². The molecule has 0 spiro atoms. The molecule has 5 heteroatoms. The molecule has 0 saturated carbocycles. The molecular weight excluding hydrogens is 324 g/mol. The second-order valence-corrected chi connectivity index (χ2v) is 6.82. The van der Waals surface area contributed by atoms with Gasteiger partial charge in [0.05, 0.1) is 6.61 Å². The van der Waals surface area contributed by atoms with Crippen LogP contribution in [0.1, 0.15) is 37.6 Å². The molecule has 3 aromatic rings. The summed E-state index contributed by atoms with van der Waals surface area (Å²) < 4.78 is 8.06. The summed E-state index contributed by atoms with van der Waals surface area (Å²) in [5.41, 5.74) is 3.27. The van der Waals surface area contributed by atoms with Gasteiger partial charge in [0.15, 0.2) is 5.65 Å². The molecule has 0 bridgehead atoms. The first-order valence-electron chi connectivity index (χ1n) is 9.54. The van der Waals surface area contributed by atoms with Crippen molar-refractivity contribution in [1.29, 1.82) is 0 Å². The molecule has 1 aliphatic rings. The number of benzene rings is 1. The number of rotatable bonds is 6. The summed E-state index contributed by atoms with van der Waals surface area (Å²) >= 11 is 0. The molecule has 136 valence electrons. The Bertz CT molecular complexity index is 889. The minimum absolute atomic E-state index is 0.461. The molecule has 0 aliphatic carbocycles. The maximum atomic E-state index is 5.78. The molecule has 1 aromatic carbocycles. The van der Waals surface area contributed by atoms with E-state index < -0.39 is 0 Å². The van der Waals surface area contributed by atoms with Crippen LogP contribution in [0.15, 0.2) is 42.6 Å². The summed E-state index contributed by atoms with van der Waals surface area (Å²) in [6, 6.07) is 12.4.